The number of amides is 2. The summed E-state index contributed by atoms with van der Waals surface area (Å²) >= 11 is 0. The van der Waals surface area contributed by atoms with E-state index in [0.717, 1.165) is 11.8 Å². The molecule has 0 aliphatic heterocycles. The number of hydrogen-bond acceptors (Lipinski definition) is 4. The number of carbonyl (C=O) groups excluding carboxylic acids is 2. The third kappa shape index (κ3) is 4.21. The number of anilines is 1. The summed E-state index contributed by atoms with van der Waals surface area (Å²) in [5, 5.41) is 5.84. The number of nitrogens with one attached hydrogen (secondary N) is 2. The van der Waals surface area contributed by atoms with Crippen molar-refractivity contribution < 1.29 is 18.7 Å². The molecule has 2 aliphatic rings. The standard InChI is InChI=1S/C22H26N2O4/c1-14(19-12-15-4-5-16(19)11-15)23-21(25)13-28-18-8-6-17(7-9-18)24-22(26)20-3-2-10-27-20/h2-3,6-10,14-16,19H,4-5,11-13H2,1H3,(H,23,25)(H,24,26)/t14-,15-,16-,19-/m1/s1. The van der Waals surface area contributed by atoms with E-state index >= 15 is 0 Å². The van der Waals surface area contributed by atoms with Gasteiger partial charge in [0, 0.05) is 11.7 Å². The van der Waals surface area contributed by atoms with Gasteiger partial charge in [0.25, 0.3) is 11.8 Å². The van der Waals surface area contributed by atoms with Crippen molar-refractivity contribution in [3.63, 3.8) is 0 Å². The SMILES string of the molecule is C[C@@H](NC(=O)COc1ccc(NC(=O)c2ccco2)cc1)[C@H]1C[C@@H]2CC[C@@H]1C2. The van der Waals surface area contributed by atoms with Crippen molar-refractivity contribution in [3.8, 4) is 5.75 Å². The lowest BCUT2D eigenvalue weighted by atomic mass is 9.84. The van der Waals surface area contributed by atoms with Crippen LogP contribution in [0.4, 0.5) is 5.69 Å². The molecule has 2 saturated carbocycles. The van der Waals surface area contributed by atoms with Crippen molar-refractivity contribution >= 4 is 17.5 Å². The predicted octanol–water partition coefficient (Wildman–Crippen LogP) is 3.85. The van der Waals surface area contributed by atoms with Gasteiger partial charge < -0.3 is 19.8 Å². The Balaban J connectivity index is 1.22. The Morgan fingerprint density at radius 2 is 2.00 bits per heavy atom. The van der Waals surface area contributed by atoms with Crippen molar-refractivity contribution in [1.82, 2.24) is 5.32 Å². The van der Waals surface area contributed by atoms with Crippen LogP contribution in [0.2, 0.25) is 0 Å². The summed E-state index contributed by atoms with van der Waals surface area (Å²) in [6.45, 7) is 2.10. The third-order valence-corrected chi connectivity index (χ3v) is 6.05. The van der Waals surface area contributed by atoms with Gasteiger partial charge in [-0.3, -0.25) is 9.59 Å². The first kappa shape index (κ1) is 18.6. The summed E-state index contributed by atoms with van der Waals surface area (Å²) in [7, 11) is 0. The first-order chi connectivity index (χ1) is 13.6. The molecule has 2 amide bonds. The summed E-state index contributed by atoms with van der Waals surface area (Å²) in [5.74, 6) is 2.70. The van der Waals surface area contributed by atoms with Crippen molar-refractivity contribution in [2.24, 2.45) is 17.8 Å². The summed E-state index contributed by atoms with van der Waals surface area (Å²) < 4.78 is 10.6. The van der Waals surface area contributed by atoms with E-state index in [-0.39, 0.29) is 30.2 Å². The summed E-state index contributed by atoms with van der Waals surface area (Å²) in [6, 6.07) is 10.4. The van der Waals surface area contributed by atoms with E-state index in [1.807, 2.05) is 0 Å². The highest BCUT2D eigenvalue weighted by molar-refractivity contribution is 6.02. The molecule has 0 spiro atoms. The molecule has 1 aromatic heterocycles. The topological polar surface area (TPSA) is 80.6 Å². The molecule has 2 aliphatic carbocycles. The van der Waals surface area contributed by atoms with Gasteiger partial charge in [0.1, 0.15) is 5.75 Å². The highest BCUT2D eigenvalue weighted by Gasteiger charge is 2.42. The van der Waals surface area contributed by atoms with Gasteiger partial charge in [-0.25, -0.2) is 0 Å². The van der Waals surface area contributed by atoms with Gasteiger partial charge in [-0.15, -0.1) is 0 Å². The molecular formula is C22H26N2O4. The number of fused-ring (bicyclic) bond motifs is 2. The highest BCUT2D eigenvalue weighted by Crippen LogP contribution is 2.49. The quantitative estimate of drug-likeness (QED) is 0.762. The normalized spacial score (nSPS) is 24.0. The molecule has 1 heterocycles. The fourth-order valence-corrected chi connectivity index (χ4v) is 4.69. The van der Waals surface area contributed by atoms with Gasteiger partial charge in [0.15, 0.2) is 12.4 Å². The number of furan rings is 1. The van der Waals surface area contributed by atoms with Gasteiger partial charge in [0.2, 0.25) is 0 Å². The number of hydrogen-bond donors (Lipinski definition) is 2. The molecule has 2 aromatic rings. The second-order valence-electron chi connectivity index (χ2n) is 7.94. The monoisotopic (exact) mass is 382 g/mol. The van der Waals surface area contributed by atoms with Gasteiger partial charge >= 0.3 is 0 Å². The lowest BCUT2D eigenvalue weighted by Crippen LogP contribution is -2.42. The lowest BCUT2D eigenvalue weighted by molar-refractivity contribution is -0.124. The summed E-state index contributed by atoms with van der Waals surface area (Å²) in [4.78, 5) is 24.2. The Hall–Kier alpha value is -2.76. The van der Waals surface area contributed by atoms with Crippen LogP contribution in [0.3, 0.4) is 0 Å². The van der Waals surface area contributed by atoms with Gasteiger partial charge in [-0.2, -0.15) is 0 Å². The van der Waals surface area contributed by atoms with E-state index in [1.54, 1.807) is 36.4 Å². The molecule has 4 atom stereocenters. The highest BCUT2D eigenvalue weighted by atomic mass is 16.5. The minimum absolute atomic E-state index is 0.0107. The summed E-state index contributed by atoms with van der Waals surface area (Å²) in [5.41, 5.74) is 0.628. The molecule has 6 nitrogen and oxygen atoms in total. The van der Waals surface area contributed by atoms with Crippen LogP contribution in [-0.4, -0.2) is 24.5 Å². The van der Waals surface area contributed by atoms with E-state index < -0.39 is 0 Å². The third-order valence-electron chi connectivity index (χ3n) is 6.05. The van der Waals surface area contributed by atoms with Crippen LogP contribution in [0, 0.1) is 17.8 Å². The zero-order valence-electron chi connectivity index (χ0n) is 16.0. The predicted molar refractivity (Wildman–Crippen MR) is 105 cm³/mol. The van der Waals surface area contributed by atoms with Crippen LogP contribution in [0.25, 0.3) is 0 Å². The van der Waals surface area contributed by atoms with E-state index in [4.69, 9.17) is 9.15 Å². The molecule has 4 rings (SSSR count). The Labute approximate surface area is 164 Å². The minimum Gasteiger partial charge on any atom is -0.484 e. The molecule has 0 unspecified atom stereocenters. The van der Waals surface area contributed by atoms with E-state index in [1.165, 1.54) is 31.9 Å². The molecule has 0 saturated heterocycles. The smallest absolute Gasteiger partial charge is 0.291 e. The fourth-order valence-electron chi connectivity index (χ4n) is 4.69. The Kier molecular flexibility index (Phi) is 5.37. The fraction of sp³-hybridized carbons (Fsp3) is 0.455. The van der Waals surface area contributed by atoms with Crippen LogP contribution in [-0.2, 0) is 4.79 Å². The molecule has 6 heteroatoms. The Bertz CT molecular complexity index is 816. The molecular weight excluding hydrogens is 356 g/mol. The van der Waals surface area contributed by atoms with Crippen LogP contribution < -0.4 is 15.4 Å². The molecule has 1 aromatic carbocycles. The van der Waals surface area contributed by atoms with E-state index in [9.17, 15) is 9.59 Å². The minimum atomic E-state index is -0.312. The Morgan fingerprint density at radius 3 is 2.64 bits per heavy atom. The maximum atomic E-state index is 12.2. The van der Waals surface area contributed by atoms with Gasteiger partial charge in [0.05, 0.1) is 6.26 Å². The molecule has 2 N–H and O–H groups in total. The number of carbonyl (C=O) groups is 2. The molecule has 0 radical (unpaired) electrons. The van der Waals surface area contributed by atoms with Crippen LogP contribution in [0.15, 0.2) is 47.1 Å². The van der Waals surface area contributed by atoms with Crippen molar-refractivity contribution in [3.05, 3.63) is 48.4 Å². The zero-order valence-corrected chi connectivity index (χ0v) is 16.0. The molecule has 2 bridgehead atoms. The number of benzene rings is 1. The second kappa shape index (κ2) is 8.09. The van der Waals surface area contributed by atoms with Gasteiger partial charge in [-0.1, -0.05) is 6.42 Å². The number of ether oxygens (including phenoxy) is 1. The maximum Gasteiger partial charge on any atom is 0.291 e. The zero-order chi connectivity index (χ0) is 19.5. The number of rotatable bonds is 7. The van der Waals surface area contributed by atoms with Crippen molar-refractivity contribution in [2.75, 3.05) is 11.9 Å². The first-order valence-corrected chi connectivity index (χ1v) is 9.95. The first-order valence-electron chi connectivity index (χ1n) is 9.95. The molecule has 2 fully saturated rings. The van der Waals surface area contributed by atoms with Crippen molar-refractivity contribution in [2.45, 2.75) is 38.6 Å². The lowest BCUT2D eigenvalue weighted by Gasteiger charge is -2.28. The van der Waals surface area contributed by atoms with Crippen LogP contribution >= 0.6 is 0 Å². The summed E-state index contributed by atoms with van der Waals surface area (Å²) in [6.07, 6.45) is 6.72. The average Bonchev–Trinajstić information content (AvgIpc) is 3.45. The molecule has 28 heavy (non-hydrogen) atoms. The maximum absolute atomic E-state index is 12.2. The second-order valence-corrected chi connectivity index (χ2v) is 7.94. The largest absolute Gasteiger partial charge is 0.484 e. The molecule has 148 valence electrons. The van der Waals surface area contributed by atoms with Crippen LogP contribution in [0.1, 0.15) is 43.2 Å². The van der Waals surface area contributed by atoms with Gasteiger partial charge in [-0.05, 0) is 80.3 Å². The van der Waals surface area contributed by atoms with E-state index in [0.29, 0.717) is 17.4 Å². The van der Waals surface area contributed by atoms with Crippen molar-refractivity contribution in [1.29, 1.82) is 0 Å². The Morgan fingerprint density at radius 1 is 1.18 bits per heavy atom. The van der Waals surface area contributed by atoms with Crippen LogP contribution in [0.5, 0.6) is 5.75 Å². The average molecular weight is 382 g/mol. The van der Waals surface area contributed by atoms with E-state index in [2.05, 4.69) is 17.6 Å².